The minimum Gasteiger partial charge on any atom is -0.462 e. The summed E-state index contributed by atoms with van der Waals surface area (Å²) in [6, 6.07) is 9.76. The largest absolute Gasteiger partial charge is 0.462 e. The first kappa shape index (κ1) is 19.8. The van der Waals surface area contributed by atoms with Crippen molar-refractivity contribution in [1.82, 2.24) is 9.88 Å². The van der Waals surface area contributed by atoms with Crippen LogP contribution in [-0.2, 0) is 11.3 Å². The third-order valence-electron chi connectivity index (χ3n) is 6.44. The third-order valence-corrected chi connectivity index (χ3v) is 6.63. The summed E-state index contributed by atoms with van der Waals surface area (Å²) in [5, 5.41) is 3.23. The number of fused-ring (bicyclic) bond motifs is 1. The number of amides is 1. The van der Waals surface area contributed by atoms with Crippen LogP contribution in [-0.4, -0.2) is 40.7 Å². The molecule has 1 aliphatic carbocycles. The van der Waals surface area contributed by atoms with E-state index >= 15 is 0 Å². The van der Waals surface area contributed by atoms with Crippen LogP contribution in [0.1, 0.15) is 53.7 Å². The Balaban J connectivity index is 1.25. The number of aromatic nitrogens is 1. The second kappa shape index (κ2) is 7.84. The second-order valence-corrected chi connectivity index (χ2v) is 8.91. The smallest absolute Gasteiger partial charge is 0.255 e. The zero-order valence-corrected chi connectivity index (χ0v) is 17.9. The van der Waals surface area contributed by atoms with Gasteiger partial charge in [-0.1, -0.05) is 18.0 Å². The van der Waals surface area contributed by atoms with Crippen LogP contribution in [0.5, 0.6) is 5.75 Å². The number of hydrogen-bond donors (Lipinski definition) is 1. The number of anilines is 1. The second-order valence-electron chi connectivity index (χ2n) is 8.52. The summed E-state index contributed by atoms with van der Waals surface area (Å²) < 4.78 is 12.5. The Morgan fingerprint density at radius 3 is 2.73 bits per heavy atom. The molecule has 2 aliphatic heterocycles. The van der Waals surface area contributed by atoms with E-state index in [2.05, 4.69) is 15.2 Å². The Bertz CT molecular complexity index is 948. The van der Waals surface area contributed by atoms with Crippen molar-refractivity contribution in [1.29, 1.82) is 0 Å². The first-order valence-electron chi connectivity index (χ1n) is 10.7. The molecule has 1 saturated carbocycles. The zero-order valence-electron chi connectivity index (χ0n) is 17.1. The lowest BCUT2D eigenvalue weighted by Gasteiger charge is -2.47. The Morgan fingerprint density at radius 2 is 2.03 bits per heavy atom. The van der Waals surface area contributed by atoms with E-state index in [1.807, 2.05) is 25.1 Å². The minimum absolute atomic E-state index is 0.222. The molecule has 2 aromatic rings. The van der Waals surface area contributed by atoms with Crippen molar-refractivity contribution in [2.45, 2.75) is 57.5 Å². The predicted molar refractivity (Wildman–Crippen MR) is 115 cm³/mol. The molecule has 1 aromatic carbocycles. The van der Waals surface area contributed by atoms with Gasteiger partial charge in [0.1, 0.15) is 10.9 Å². The molecule has 2 fully saturated rings. The fourth-order valence-corrected chi connectivity index (χ4v) is 4.75. The molecule has 3 heterocycles. The average molecular weight is 428 g/mol. The number of carbonyl (C=O) groups excluding carboxylic acids is 1. The SMILES string of the molecule is Cc1cc(C(=O)Nc2ccc3c(c2)COC2(CCN(C4CCC4)CC2)O3)cc(Cl)n1. The molecule has 1 amide bonds. The number of pyridine rings is 1. The highest BCUT2D eigenvalue weighted by Crippen LogP contribution is 2.40. The molecule has 30 heavy (non-hydrogen) atoms. The molecule has 158 valence electrons. The van der Waals surface area contributed by atoms with Crippen molar-refractivity contribution in [3.63, 3.8) is 0 Å². The summed E-state index contributed by atoms with van der Waals surface area (Å²) in [6.45, 7) is 4.36. The lowest BCUT2D eigenvalue weighted by molar-refractivity contribution is -0.231. The van der Waals surface area contributed by atoms with Crippen LogP contribution in [0.2, 0.25) is 5.15 Å². The molecule has 1 saturated heterocycles. The van der Waals surface area contributed by atoms with Crippen LogP contribution in [0.25, 0.3) is 0 Å². The number of ether oxygens (including phenoxy) is 2. The highest BCUT2D eigenvalue weighted by Gasteiger charge is 2.42. The molecule has 3 aliphatic rings. The number of piperidine rings is 1. The molecule has 0 atom stereocenters. The standard InChI is InChI=1S/C23H26ClN3O3/c1-15-11-16(13-21(24)25-15)22(28)26-18-5-6-20-17(12-18)14-29-23(30-20)7-9-27(10-8-23)19-3-2-4-19/h5-6,11-13,19H,2-4,7-10,14H2,1H3,(H,26,28). The van der Waals surface area contributed by atoms with Gasteiger partial charge in [0.05, 0.1) is 6.61 Å². The highest BCUT2D eigenvalue weighted by molar-refractivity contribution is 6.29. The number of nitrogens with one attached hydrogen (secondary N) is 1. The summed E-state index contributed by atoms with van der Waals surface area (Å²) >= 11 is 5.97. The van der Waals surface area contributed by atoms with Gasteiger partial charge in [-0.3, -0.25) is 9.69 Å². The molecule has 1 spiro atoms. The maximum absolute atomic E-state index is 12.6. The number of nitrogens with zero attached hydrogens (tertiary/aromatic N) is 2. The summed E-state index contributed by atoms with van der Waals surface area (Å²) in [6.07, 6.45) is 5.81. The maximum atomic E-state index is 12.6. The van der Waals surface area contributed by atoms with Gasteiger partial charge in [0.25, 0.3) is 5.91 Å². The molecule has 1 N–H and O–H groups in total. The first-order chi connectivity index (χ1) is 14.5. The van der Waals surface area contributed by atoms with Crippen LogP contribution in [0.3, 0.4) is 0 Å². The Kier molecular flexibility index (Phi) is 5.17. The van der Waals surface area contributed by atoms with Gasteiger partial charge in [0, 0.05) is 54.5 Å². The van der Waals surface area contributed by atoms with Crippen molar-refractivity contribution >= 4 is 23.2 Å². The number of likely N-dealkylation sites (tertiary alicyclic amines) is 1. The Labute approximate surface area is 181 Å². The van der Waals surface area contributed by atoms with E-state index < -0.39 is 5.79 Å². The number of benzene rings is 1. The van der Waals surface area contributed by atoms with Gasteiger partial charge in [0.2, 0.25) is 5.79 Å². The van der Waals surface area contributed by atoms with Crippen molar-refractivity contribution in [2.75, 3.05) is 18.4 Å². The molecule has 6 nitrogen and oxygen atoms in total. The first-order valence-corrected chi connectivity index (χ1v) is 11.0. The van der Waals surface area contributed by atoms with Crippen LogP contribution >= 0.6 is 11.6 Å². The van der Waals surface area contributed by atoms with E-state index in [0.717, 1.165) is 43.3 Å². The molecular formula is C23H26ClN3O3. The molecule has 1 aromatic heterocycles. The summed E-state index contributed by atoms with van der Waals surface area (Å²) in [5.74, 6) is 0.113. The Morgan fingerprint density at radius 1 is 1.23 bits per heavy atom. The van der Waals surface area contributed by atoms with E-state index in [4.69, 9.17) is 21.1 Å². The highest BCUT2D eigenvalue weighted by atomic mass is 35.5. The summed E-state index contributed by atoms with van der Waals surface area (Å²) in [5.41, 5.74) is 2.83. The molecule has 0 unspecified atom stereocenters. The molecule has 0 bridgehead atoms. The predicted octanol–water partition coefficient (Wildman–Crippen LogP) is 4.55. The maximum Gasteiger partial charge on any atom is 0.255 e. The number of rotatable bonds is 3. The molecule has 5 rings (SSSR count). The number of carbonyl (C=O) groups is 1. The summed E-state index contributed by atoms with van der Waals surface area (Å²) in [4.78, 5) is 19.3. The van der Waals surface area contributed by atoms with Crippen molar-refractivity contribution in [3.05, 3.63) is 52.3 Å². The van der Waals surface area contributed by atoms with Crippen LogP contribution < -0.4 is 10.1 Å². The van der Waals surface area contributed by atoms with Crippen LogP contribution in [0.4, 0.5) is 5.69 Å². The minimum atomic E-state index is -0.511. The quantitative estimate of drug-likeness (QED) is 0.728. The Hall–Kier alpha value is -2.15. The topological polar surface area (TPSA) is 63.7 Å². The van der Waals surface area contributed by atoms with Gasteiger partial charge in [-0.25, -0.2) is 4.98 Å². The van der Waals surface area contributed by atoms with Crippen LogP contribution in [0, 0.1) is 6.92 Å². The molecular weight excluding hydrogens is 402 g/mol. The van der Waals surface area contributed by atoms with E-state index in [1.54, 1.807) is 12.1 Å². The normalized spacial score (nSPS) is 20.9. The number of hydrogen-bond acceptors (Lipinski definition) is 5. The number of aryl methyl sites for hydroxylation is 1. The fraction of sp³-hybridized carbons (Fsp3) is 0.478. The number of halogens is 1. The zero-order chi connectivity index (χ0) is 20.7. The lowest BCUT2D eigenvalue weighted by Crippen LogP contribution is -2.54. The van der Waals surface area contributed by atoms with Crippen LogP contribution in [0.15, 0.2) is 30.3 Å². The van der Waals surface area contributed by atoms with E-state index in [-0.39, 0.29) is 5.91 Å². The van der Waals surface area contributed by atoms with Gasteiger partial charge in [-0.2, -0.15) is 0 Å². The summed E-state index contributed by atoms with van der Waals surface area (Å²) in [7, 11) is 0. The average Bonchev–Trinajstić information content (AvgIpc) is 2.68. The monoisotopic (exact) mass is 427 g/mol. The van der Waals surface area contributed by atoms with Gasteiger partial charge < -0.3 is 14.8 Å². The van der Waals surface area contributed by atoms with Gasteiger partial charge in [-0.05, 0) is 50.1 Å². The third kappa shape index (κ3) is 3.92. The van der Waals surface area contributed by atoms with E-state index in [1.165, 1.54) is 19.3 Å². The van der Waals surface area contributed by atoms with Crippen molar-refractivity contribution in [2.24, 2.45) is 0 Å². The van der Waals surface area contributed by atoms with Crippen molar-refractivity contribution in [3.8, 4) is 5.75 Å². The van der Waals surface area contributed by atoms with E-state index in [9.17, 15) is 4.79 Å². The fourth-order valence-electron chi connectivity index (χ4n) is 4.50. The molecule has 7 heteroatoms. The van der Waals surface area contributed by atoms with Gasteiger partial charge >= 0.3 is 0 Å². The van der Waals surface area contributed by atoms with E-state index in [0.29, 0.717) is 28.7 Å². The lowest BCUT2D eigenvalue weighted by atomic mass is 9.89. The van der Waals surface area contributed by atoms with Crippen molar-refractivity contribution < 1.29 is 14.3 Å². The van der Waals surface area contributed by atoms with Gasteiger partial charge in [0.15, 0.2) is 0 Å². The van der Waals surface area contributed by atoms with Gasteiger partial charge in [-0.15, -0.1) is 0 Å². The molecule has 0 radical (unpaired) electrons.